The number of nitrogens with zero attached hydrogens (tertiary/aromatic N) is 1. The van der Waals surface area contributed by atoms with E-state index in [-0.39, 0.29) is 31.3 Å². The summed E-state index contributed by atoms with van der Waals surface area (Å²) in [5.41, 5.74) is 1.85. The number of hydrogen-bond donors (Lipinski definition) is 2. The second-order valence-corrected chi connectivity index (χ2v) is 11.8. The van der Waals surface area contributed by atoms with E-state index in [1.807, 2.05) is 72.8 Å². The highest BCUT2D eigenvalue weighted by atomic mass is 79.9. The van der Waals surface area contributed by atoms with Gasteiger partial charge in [-0.1, -0.05) is 68.3 Å². The first-order chi connectivity index (χ1) is 20.4. The van der Waals surface area contributed by atoms with E-state index in [1.165, 1.54) is 12.1 Å². The second kappa shape index (κ2) is 13.6. The van der Waals surface area contributed by atoms with Gasteiger partial charge in [0.1, 0.15) is 11.6 Å². The lowest BCUT2D eigenvalue weighted by molar-refractivity contribution is -0.129. The molecular formula is C33H29Br2FN2O4. The maximum Gasteiger partial charge on any atom is 0.252 e. The largest absolute Gasteiger partial charge is 0.494 e. The van der Waals surface area contributed by atoms with Crippen LogP contribution < -0.4 is 10.1 Å². The summed E-state index contributed by atoms with van der Waals surface area (Å²) < 4.78 is 27.6. The Morgan fingerprint density at radius 1 is 0.905 bits per heavy atom. The van der Waals surface area contributed by atoms with Gasteiger partial charge in [0.15, 0.2) is 11.6 Å². The minimum atomic E-state index is -1.34. The van der Waals surface area contributed by atoms with Gasteiger partial charge in [-0.2, -0.15) is 0 Å². The van der Waals surface area contributed by atoms with Crippen molar-refractivity contribution in [2.75, 3.05) is 13.2 Å². The molecule has 0 bridgehead atoms. The van der Waals surface area contributed by atoms with Crippen molar-refractivity contribution in [3.63, 3.8) is 0 Å². The van der Waals surface area contributed by atoms with E-state index in [1.54, 1.807) is 12.1 Å². The fourth-order valence-corrected chi connectivity index (χ4v) is 5.30. The molecule has 6 nitrogen and oxygen atoms in total. The van der Waals surface area contributed by atoms with Crippen LogP contribution in [0, 0.1) is 5.82 Å². The zero-order valence-corrected chi connectivity index (χ0v) is 25.8. The quantitative estimate of drug-likeness (QED) is 0.167. The molecule has 0 unspecified atom stereocenters. The number of hydrogen-bond acceptors (Lipinski definition) is 5. The molecule has 216 valence electrons. The monoisotopic (exact) mass is 694 g/mol. The number of benzene rings is 4. The number of aliphatic imine (C=N–C) groups is 1. The van der Waals surface area contributed by atoms with Gasteiger partial charge < -0.3 is 19.9 Å². The van der Waals surface area contributed by atoms with Crippen LogP contribution in [-0.2, 0) is 22.5 Å². The summed E-state index contributed by atoms with van der Waals surface area (Å²) in [4.78, 5) is 19.3. The number of aliphatic hydroxyl groups is 1. The maximum atomic E-state index is 14.3. The van der Waals surface area contributed by atoms with Crippen molar-refractivity contribution in [1.29, 1.82) is 0 Å². The first kappa shape index (κ1) is 29.9. The van der Waals surface area contributed by atoms with E-state index in [0.29, 0.717) is 30.2 Å². The first-order valence-electron chi connectivity index (χ1n) is 13.5. The molecule has 42 heavy (non-hydrogen) atoms. The molecule has 1 aliphatic heterocycles. The van der Waals surface area contributed by atoms with Gasteiger partial charge in [0.25, 0.3) is 5.91 Å². The second-order valence-electron chi connectivity index (χ2n) is 9.95. The molecular weight excluding hydrogens is 667 g/mol. The lowest BCUT2D eigenvalue weighted by Gasteiger charge is -2.31. The van der Waals surface area contributed by atoms with Crippen LogP contribution in [0.25, 0.3) is 0 Å². The van der Waals surface area contributed by atoms with Crippen LogP contribution in [0.15, 0.2) is 111 Å². The smallest absolute Gasteiger partial charge is 0.252 e. The Morgan fingerprint density at radius 3 is 2.17 bits per heavy atom. The molecule has 0 fully saturated rings. The predicted molar refractivity (Wildman–Crippen MR) is 167 cm³/mol. The topological polar surface area (TPSA) is 80.2 Å². The third-order valence-corrected chi connectivity index (χ3v) is 8.01. The minimum Gasteiger partial charge on any atom is -0.494 e. The normalized spacial score (nSPS) is 17.8. The van der Waals surface area contributed by atoms with Gasteiger partial charge >= 0.3 is 0 Å². The molecule has 0 radical (unpaired) electrons. The highest BCUT2D eigenvalue weighted by Crippen LogP contribution is 2.43. The molecule has 9 heteroatoms. The van der Waals surface area contributed by atoms with Crippen LogP contribution in [0.5, 0.6) is 5.75 Å². The Kier molecular flexibility index (Phi) is 9.72. The predicted octanol–water partition coefficient (Wildman–Crippen LogP) is 6.93. The summed E-state index contributed by atoms with van der Waals surface area (Å²) in [5, 5.41) is 12.1. The van der Waals surface area contributed by atoms with Crippen LogP contribution in [-0.4, -0.2) is 35.7 Å². The summed E-state index contributed by atoms with van der Waals surface area (Å²) in [6.07, 6.45) is 0.0955. The third-order valence-electron chi connectivity index (χ3n) is 6.96. The van der Waals surface area contributed by atoms with Crippen molar-refractivity contribution in [3.05, 3.63) is 134 Å². The van der Waals surface area contributed by atoms with Gasteiger partial charge in [-0.15, -0.1) is 0 Å². The molecule has 1 heterocycles. The molecule has 2 atom stereocenters. The lowest BCUT2D eigenvalue weighted by Crippen LogP contribution is -2.49. The van der Waals surface area contributed by atoms with E-state index < -0.39 is 11.6 Å². The van der Waals surface area contributed by atoms with E-state index in [9.17, 15) is 9.18 Å². The molecule has 2 N–H and O–H groups in total. The van der Waals surface area contributed by atoms with Crippen LogP contribution in [0.1, 0.15) is 34.8 Å². The number of amides is 1. The first-order valence-corrected chi connectivity index (χ1v) is 15.1. The van der Waals surface area contributed by atoms with Crippen LogP contribution in [0.2, 0.25) is 0 Å². The van der Waals surface area contributed by atoms with Gasteiger partial charge in [-0.25, -0.2) is 9.38 Å². The van der Waals surface area contributed by atoms with E-state index in [2.05, 4.69) is 37.2 Å². The average molecular weight is 696 g/mol. The fraction of sp³-hybridized carbons (Fsp3) is 0.212. The summed E-state index contributed by atoms with van der Waals surface area (Å²) >= 11 is 6.99. The molecule has 0 aliphatic carbocycles. The summed E-state index contributed by atoms with van der Waals surface area (Å²) in [6.45, 7) is 0.673. The van der Waals surface area contributed by atoms with E-state index >= 15 is 0 Å². The number of nitrogens with one attached hydrogen (secondary N) is 1. The van der Waals surface area contributed by atoms with Crippen LogP contribution in [0.3, 0.4) is 0 Å². The molecule has 5 rings (SSSR count). The standard InChI is InChI=1S/C33H29Br2FN2O4/c34-26-10-2-22(3-11-26)20-33(32(40)37-21-23-4-14-28(36)15-5-23)30(24-6-12-27(35)13-7-24)42-31(38-33)25-8-16-29(17-9-25)41-19-1-18-39/h2-17,30,39H,1,18-21H2,(H,37,40)/t30-,33-/m1/s1. The Balaban J connectivity index is 1.54. The Labute approximate surface area is 260 Å². The van der Waals surface area contributed by atoms with Crippen LogP contribution >= 0.6 is 31.9 Å². The summed E-state index contributed by atoms with van der Waals surface area (Å²) in [5.74, 6) is 0.365. The molecule has 1 aliphatic rings. The molecule has 4 aromatic rings. The molecule has 1 amide bonds. The number of carbonyl (C=O) groups excluding carboxylic acids is 1. The van der Waals surface area contributed by atoms with E-state index in [0.717, 1.165) is 25.6 Å². The van der Waals surface area contributed by atoms with Crippen molar-refractivity contribution in [3.8, 4) is 5.75 Å². The SMILES string of the molecule is O=C(NCc1ccc(F)cc1)[C@]1(Cc2ccc(Br)cc2)N=C(c2ccc(OCCCO)cc2)O[C@@H]1c1ccc(Br)cc1. The number of carbonyl (C=O) groups is 1. The van der Waals surface area contributed by atoms with Crippen LogP contribution in [0.4, 0.5) is 4.39 Å². The Bertz CT molecular complexity index is 1530. The zero-order valence-electron chi connectivity index (χ0n) is 22.6. The maximum absolute atomic E-state index is 14.3. The molecule has 0 spiro atoms. The highest BCUT2D eigenvalue weighted by Gasteiger charge is 2.53. The van der Waals surface area contributed by atoms with Crippen molar-refractivity contribution in [1.82, 2.24) is 5.32 Å². The number of ether oxygens (including phenoxy) is 2. The third kappa shape index (κ3) is 7.09. The fourth-order valence-electron chi connectivity index (χ4n) is 4.77. The molecule has 4 aromatic carbocycles. The molecule has 0 saturated heterocycles. The van der Waals surface area contributed by atoms with Gasteiger partial charge in [-0.05, 0) is 77.4 Å². The summed E-state index contributed by atoms with van der Waals surface area (Å²) in [6, 6.07) is 28.8. The van der Waals surface area contributed by atoms with Crippen molar-refractivity contribution in [2.24, 2.45) is 4.99 Å². The highest BCUT2D eigenvalue weighted by molar-refractivity contribution is 9.10. The van der Waals surface area contributed by atoms with Gasteiger partial charge in [0, 0.05) is 40.5 Å². The number of rotatable bonds is 11. The zero-order chi connectivity index (χ0) is 29.5. The van der Waals surface area contributed by atoms with E-state index in [4.69, 9.17) is 19.6 Å². The van der Waals surface area contributed by atoms with Gasteiger partial charge in [0.05, 0.1) is 6.61 Å². The Hall–Kier alpha value is -3.53. The van der Waals surface area contributed by atoms with Gasteiger partial charge in [0.2, 0.25) is 5.90 Å². The number of aliphatic hydroxyl groups excluding tert-OH is 1. The molecule has 0 aromatic heterocycles. The Morgan fingerprint density at radius 2 is 1.52 bits per heavy atom. The van der Waals surface area contributed by atoms with Crippen molar-refractivity contribution < 1.29 is 23.8 Å². The summed E-state index contributed by atoms with van der Waals surface area (Å²) in [7, 11) is 0. The average Bonchev–Trinajstić information content (AvgIpc) is 3.39. The lowest BCUT2D eigenvalue weighted by atomic mass is 9.82. The number of halogens is 3. The molecule has 0 saturated carbocycles. The van der Waals surface area contributed by atoms with Gasteiger partial charge in [-0.3, -0.25) is 4.79 Å². The van der Waals surface area contributed by atoms with Crippen molar-refractivity contribution >= 4 is 43.7 Å². The van der Waals surface area contributed by atoms with Crippen molar-refractivity contribution in [2.45, 2.75) is 31.0 Å². The minimum absolute atomic E-state index is 0.0594.